The second kappa shape index (κ2) is 3.44. The number of ether oxygens (including phenoxy) is 1. The van der Waals surface area contributed by atoms with Crippen LogP contribution in [0.1, 0.15) is 33.1 Å². The van der Waals surface area contributed by atoms with Gasteiger partial charge in [0.2, 0.25) is 0 Å². The molecule has 1 heterocycles. The Morgan fingerprint density at radius 2 is 2.29 bits per heavy atom. The van der Waals surface area contributed by atoms with Crippen LogP contribution in [0.2, 0.25) is 0 Å². The minimum absolute atomic E-state index is 0.127. The summed E-state index contributed by atoms with van der Waals surface area (Å²) in [5, 5.41) is 0. The first kappa shape index (κ1) is 9.81. The molecule has 1 saturated carbocycles. The quantitative estimate of drug-likeness (QED) is 0.645. The zero-order valence-corrected chi connectivity index (χ0v) is 9.08. The van der Waals surface area contributed by atoms with Crippen LogP contribution in [0.15, 0.2) is 0 Å². The van der Waals surface area contributed by atoms with Crippen molar-refractivity contribution in [1.82, 2.24) is 4.90 Å². The van der Waals surface area contributed by atoms with Crippen LogP contribution in [-0.4, -0.2) is 30.7 Å². The van der Waals surface area contributed by atoms with Crippen molar-refractivity contribution in [3.63, 3.8) is 0 Å². The molecule has 1 atom stereocenters. The van der Waals surface area contributed by atoms with Gasteiger partial charge in [0.25, 0.3) is 0 Å². The van der Waals surface area contributed by atoms with E-state index in [4.69, 9.17) is 4.74 Å². The molecule has 0 radical (unpaired) electrons. The molecule has 2 rings (SSSR count). The fourth-order valence-electron chi connectivity index (χ4n) is 2.89. The molecule has 0 N–H and O–H groups in total. The summed E-state index contributed by atoms with van der Waals surface area (Å²) in [7, 11) is 0. The Labute approximate surface area is 85.4 Å². The van der Waals surface area contributed by atoms with Crippen molar-refractivity contribution in [1.29, 1.82) is 0 Å². The van der Waals surface area contributed by atoms with E-state index in [0.29, 0.717) is 12.0 Å². The van der Waals surface area contributed by atoms with E-state index in [1.54, 1.807) is 0 Å². The highest BCUT2D eigenvalue weighted by Gasteiger charge is 2.48. The zero-order chi connectivity index (χ0) is 10.2. The normalized spacial score (nSPS) is 29.0. The van der Waals surface area contributed by atoms with Gasteiger partial charge in [0, 0.05) is 18.5 Å². The second-order valence-corrected chi connectivity index (χ2v) is 4.90. The van der Waals surface area contributed by atoms with Crippen LogP contribution in [0.3, 0.4) is 0 Å². The molecule has 0 unspecified atom stereocenters. The molecule has 1 saturated heterocycles. The lowest BCUT2D eigenvalue weighted by Gasteiger charge is -2.47. The van der Waals surface area contributed by atoms with Crippen LogP contribution < -0.4 is 0 Å². The summed E-state index contributed by atoms with van der Waals surface area (Å²) in [4.78, 5) is 13.2. The van der Waals surface area contributed by atoms with Crippen molar-refractivity contribution in [2.75, 3.05) is 19.7 Å². The summed E-state index contributed by atoms with van der Waals surface area (Å²) in [5.41, 5.74) is 0.464. The Morgan fingerprint density at radius 1 is 1.57 bits per heavy atom. The minimum Gasteiger partial charge on any atom is -0.450 e. The summed E-state index contributed by atoms with van der Waals surface area (Å²) < 4.78 is 4.96. The van der Waals surface area contributed by atoms with Crippen molar-refractivity contribution in [3.8, 4) is 0 Å². The number of carbonyl (C=O) groups excluding carboxylic acids is 1. The number of nitrogens with zero attached hydrogens (tertiary/aromatic N) is 1. The summed E-state index contributed by atoms with van der Waals surface area (Å²) in [6.07, 6.45) is 3.79. The number of amides is 1. The van der Waals surface area contributed by atoms with Gasteiger partial charge < -0.3 is 9.64 Å². The molecule has 0 bridgehead atoms. The molecule has 3 heteroatoms. The zero-order valence-electron chi connectivity index (χ0n) is 9.08. The summed E-state index contributed by atoms with van der Waals surface area (Å²) >= 11 is 0. The summed E-state index contributed by atoms with van der Waals surface area (Å²) in [5.74, 6) is 0.847. The lowest BCUT2D eigenvalue weighted by Crippen LogP contribution is -2.57. The van der Waals surface area contributed by atoms with E-state index in [-0.39, 0.29) is 6.09 Å². The first-order valence-corrected chi connectivity index (χ1v) is 5.57. The topological polar surface area (TPSA) is 29.5 Å². The summed E-state index contributed by atoms with van der Waals surface area (Å²) in [6, 6.07) is 0. The van der Waals surface area contributed by atoms with Crippen LogP contribution in [-0.2, 0) is 4.74 Å². The lowest BCUT2D eigenvalue weighted by molar-refractivity contribution is 0.0000267. The predicted molar refractivity (Wildman–Crippen MR) is 54.0 cm³/mol. The molecule has 1 spiro atoms. The third-order valence-electron chi connectivity index (χ3n) is 3.53. The van der Waals surface area contributed by atoms with Crippen molar-refractivity contribution in [3.05, 3.63) is 0 Å². The first-order chi connectivity index (χ1) is 6.65. The number of carbonyl (C=O) groups is 1. The SMILES string of the molecule is CCOC(=O)N1CC2(CC[C@@H](C)C2)C1. The maximum Gasteiger partial charge on any atom is 0.409 e. The van der Waals surface area contributed by atoms with Gasteiger partial charge in [0.05, 0.1) is 6.61 Å². The smallest absolute Gasteiger partial charge is 0.409 e. The molecule has 0 aromatic heterocycles. The van der Waals surface area contributed by atoms with E-state index in [1.807, 2.05) is 11.8 Å². The third-order valence-corrected chi connectivity index (χ3v) is 3.53. The molecular weight excluding hydrogens is 178 g/mol. The molecule has 14 heavy (non-hydrogen) atoms. The molecule has 2 aliphatic rings. The average Bonchev–Trinajstić information content (AvgIpc) is 2.45. The van der Waals surface area contributed by atoms with Gasteiger partial charge >= 0.3 is 6.09 Å². The Bertz CT molecular complexity index is 233. The first-order valence-electron chi connectivity index (χ1n) is 5.57. The van der Waals surface area contributed by atoms with Gasteiger partial charge in [-0.1, -0.05) is 13.3 Å². The monoisotopic (exact) mass is 197 g/mol. The van der Waals surface area contributed by atoms with E-state index in [9.17, 15) is 4.79 Å². The average molecular weight is 197 g/mol. The van der Waals surface area contributed by atoms with Gasteiger partial charge in [0.15, 0.2) is 0 Å². The van der Waals surface area contributed by atoms with Gasteiger partial charge in [-0.2, -0.15) is 0 Å². The molecule has 1 aliphatic carbocycles. The maximum absolute atomic E-state index is 11.4. The summed E-state index contributed by atoms with van der Waals surface area (Å²) in [6.45, 7) is 6.50. The fraction of sp³-hybridized carbons (Fsp3) is 0.909. The van der Waals surface area contributed by atoms with Gasteiger partial charge in [-0.3, -0.25) is 0 Å². The van der Waals surface area contributed by atoms with Gasteiger partial charge in [-0.25, -0.2) is 4.79 Å². The van der Waals surface area contributed by atoms with E-state index < -0.39 is 0 Å². The lowest BCUT2D eigenvalue weighted by atomic mass is 9.78. The van der Waals surface area contributed by atoms with Gasteiger partial charge in [0.1, 0.15) is 0 Å². The van der Waals surface area contributed by atoms with E-state index in [0.717, 1.165) is 19.0 Å². The molecule has 1 amide bonds. The van der Waals surface area contributed by atoms with Crippen LogP contribution in [0.5, 0.6) is 0 Å². The van der Waals surface area contributed by atoms with Crippen molar-refractivity contribution in [2.24, 2.45) is 11.3 Å². The second-order valence-electron chi connectivity index (χ2n) is 4.90. The minimum atomic E-state index is -0.127. The van der Waals surface area contributed by atoms with Crippen LogP contribution in [0, 0.1) is 11.3 Å². The fourth-order valence-corrected chi connectivity index (χ4v) is 2.89. The van der Waals surface area contributed by atoms with E-state index in [1.165, 1.54) is 19.3 Å². The number of likely N-dealkylation sites (tertiary alicyclic amines) is 1. The van der Waals surface area contributed by atoms with E-state index in [2.05, 4.69) is 6.92 Å². The van der Waals surface area contributed by atoms with Gasteiger partial charge in [-0.15, -0.1) is 0 Å². The van der Waals surface area contributed by atoms with Crippen molar-refractivity contribution >= 4 is 6.09 Å². The van der Waals surface area contributed by atoms with Crippen LogP contribution >= 0.6 is 0 Å². The van der Waals surface area contributed by atoms with Crippen molar-refractivity contribution in [2.45, 2.75) is 33.1 Å². The predicted octanol–water partition coefficient (Wildman–Crippen LogP) is 2.26. The molecular formula is C11H19NO2. The number of rotatable bonds is 1. The number of hydrogen-bond donors (Lipinski definition) is 0. The highest BCUT2D eigenvalue weighted by atomic mass is 16.6. The molecule has 1 aliphatic heterocycles. The molecule has 80 valence electrons. The Kier molecular flexibility index (Phi) is 2.41. The standard InChI is InChI=1S/C11H19NO2/c1-3-14-10(13)12-7-11(8-12)5-4-9(2)6-11/h9H,3-8H2,1-2H3/t9-/m1/s1. The molecule has 0 aromatic carbocycles. The van der Waals surface area contributed by atoms with E-state index >= 15 is 0 Å². The highest BCUT2D eigenvalue weighted by Crippen LogP contribution is 2.48. The Hall–Kier alpha value is -0.730. The highest BCUT2D eigenvalue weighted by molar-refractivity contribution is 5.69. The number of hydrogen-bond acceptors (Lipinski definition) is 2. The molecule has 3 nitrogen and oxygen atoms in total. The van der Waals surface area contributed by atoms with Crippen LogP contribution in [0.25, 0.3) is 0 Å². The van der Waals surface area contributed by atoms with Crippen LogP contribution in [0.4, 0.5) is 4.79 Å². The Balaban J connectivity index is 1.81. The largest absolute Gasteiger partial charge is 0.450 e. The maximum atomic E-state index is 11.4. The third kappa shape index (κ3) is 1.60. The van der Waals surface area contributed by atoms with Crippen molar-refractivity contribution < 1.29 is 9.53 Å². The van der Waals surface area contributed by atoms with Gasteiger partial charge in [-0.05, 0) is 25.7 Å². The molecule has 2 fully saturated rings. The Morgan fingerprint density at radius 3 is 2.79 bits per heavy atom. The molecule has 0 aromatic rings.